The van der Waals surface area contributed by atoms with Crippen molar-refractivity contribution in [1.29, 1.82) is 0 Å². The molecule has 1 aromatic carbocycles. The highest BCUT2D eigenvalue weighted by molar-refractivity contribution is 7.89. The van der Waals surface area contributed by atoms with Crippen LogP contribution in [0.4, 0.5) is 4.39 Å². The van der Waals surface area contributed by atoms with E-state index < -0.39 is 21.9 Å². The number of benzene rings is 1. The molecule has 0 radical (unpaired) electrons. The zero-order chi connectivity index (χ0) is 13.3. The van der Waals surface area contributed by atoms with Gasteiger partial charge in [-0.05, 0) is 31.0 Å². The summed E-state index contributed by atoms with van der Waals surface area (Å²) in [6, 6.07) is 4.48. The van der Waals surface area contributed by atoms with E-state index in [-0.39, 0.29) is 9.88 Å². The molecule has 1 saturated heterocycles. The van der Waals surface area contributed by atoms with E-state index in [1.54, 1.807) is 0 Å². The van der Waals surface area contributed by atoms with Crippen LogP contribution in [0.5, 0.6) is 0 Å². The van der Waals surface area contributed by atoms with E-state index in [4.69, 9.17) is 18.0 Å². The zero-order valence-corrected chi connectivity index (χ0v) is 11.2. The lowest BCUT2D eigenvalue weighted by Crippen LogP contribution is -2.42. The van der Waals surface area contributed by atoms with Crippen molar-refractivity contribution in [3.8, 4) is 0 Å². The van der Waals surface area contributed by atoms with Gasteiger partial charge in [-0.3, -0.25) is 0 Å². The largest absolute Gasteiger partial charge is 0.392 e. The number of nitrogens with zero attached hydrogens (tertiary/aromatic N) is 1. The summed E-state index contributed by atoms with van der Waals surface area (Å²) in [4.78, 5) is 0.0955. The summed E-state index contributed by atoms with van der Waals surface area (Å²) in [5.41, 5.74) is 5.54. The molecular formula is C11H13FN2O2S2. The van der Waals surface area contributed by atoms with Crippen LogP contribution < -0.4 is 5.73 Å². The molecule has 0 aromatic heterocycles. The van der Waals surface area contributed by atoms with E-state index in [0.717, 1.165) is 6.07 Å². The van der Waals surface area contributed by atoms with Crippen LogP contribution in [0.2, 0.25) is 0 Å². The first-order chi connectivity index (χ1) is 8.43. The van der Waals surface area contributed by atoms with Crippen LogP contribution in [0.1, 0.15) is 12.8 Å². The van der Waals surface area contributed by atoms with Crippen LogP contribution in [0.25, 0.3) is 0 Å². The number of rotatable bonds is 3. The summed E-state index contributed by atoms with van der Waals surface area (Å²) >= 11 is 4.87. The Morgan fingerprint density at radius 3 is 2.83 bits per heavy atom. The Labute approximate surface area is 111 Å². The first kappa shape index (κ1) is 13.4. The molecule has 1 heterocycles. The maximum atomic E-state index is 13.1. The minimum atomic E-state index is -3.73. The van der Waals surface area contributed by atoms with Crippen molar-refractivity contribution >= 4 is 27.2 Å². The number of hydrogen-bond acceptors (Lipinski definition) is 3. The van der Waals surface area contributed by atoms with Gasteiger partial charge in [-0.1, -0.05) is 18.3 Å². The van der Waals surface area contributed by atoms with Crippen LogP contribution in [0, 0.1) is 5.82 Å². The van der Waals surface area contributed by atoms with Crippen LogP contribution >= 0.6 is 12.2 Å². The van der Waals surface area contributed by atoms with Crippen molar-refractivity contribution in [3.05, 3.63) is 30.1 Å². The van der Waals surface area contributed by atoms with Gasteiger partial charge in [0.2, 0.25) is 10.0 Å². The predicted octanol–water partition coefficient (Wildman–Crippen LogP) is 1.26. The quantitative estimate of drug-likeness (QED) is 0.851. The summed E-state index contributed by atoms with van der Waals surface area (Å²) in [6.07, 6.45) is 1.32. The maximum absolute atomic E-state index is 13.1. The maximum Gasteiger partial charge on any atom is 0.243 e. The van der Waals surface area contributed by atoms with Gasteiger partial charge < -0.3 is 5.73 Å². The van der Waals surface area contributed by atoms with E-state index in [9.17, 15) is 12.8 Å². The molecule has 0 aliphatic carbocycles. The lowest BCUT2D eigenvalue weighted by Gasteiger charge is -2.23. The molecule has 0 saturated carbocycles. The molecule has 18 heavy (non-hydrogen) atoms. The smallest absolute Gasteiger partial charge is 0.243 e. The third kappa shape index (κ3) is 2.38. The first-order valence-corrected chi connectivity index (χ1v) is 7.34. The average Bonchev–Trinajstić information content (AvgIpc) is 2.78. The van der Waals surface area contributed by atoms with Crippen molar-refractivity contribution in [2.24, 2.45) is 5.73 Å². The highest BCUT2D eigenvalue weighted by Gasteiger charge is 2.36. The minimum Gasteiger partial charge on any atom is -0.392 e. The number of sulfonamides is 1. The van der Waals surface area contributed by atoms with Crippen LogP contribution in [-0.4, -0.2) is 30.3 Å². The predicted molar refractivity (Wildman–Crippen MR) is 70.1 cm³/mol. The molecular weight excluding hydrogens is 275 g/mol. The van der Waals surface area contributed by atoms with Crippen molar-refractivity contribution in [2.75, 3.05) is 6.54 Å². The number of nitrogens with two attached hydrogens (primary N) is 1. The number of halogens is 1. The summed E-state index contributed by atoms with van der Waals surface area (Å²) in [5.74, 6) is -0.581. The van der Waals surface area contributed by atoms with Crippen LogP contribution in [0.15, 0.2) is 29.2 Å². The standard InChI is InChI=1S/C11H13FN2O2S2/c12-8-3-1-4-9(7-8)18(15,16)14-6-2-5-10(14)11(13)17/h1,3-4,7,10H,2,5-6H2,(H2,13,17). The van der Waals surface area contributed by atoms with Crippen molar-refractivity contribution < 1.29 is 12.8 Å². The molecule has 2 N–H and O–H groups in total. The van der Waals surface area contributed by atoms with Gasteiger partial charge in [0.25, 0.3) is 0 Å². The van der Waals surface area contributed by atoms with Gasteiger partial charge in [-0.15, -0.1) is 0 Å². The average molecular weight is 288 g/mol. The lowest BCUT2D eigenvalue weighted by molar-refractivity contribution is 0.445. The Kier molecular flexibility index (Phi) is 3.65. The second kappa shape index (κ2) is 4.91. The molecule has 1 aromatic rings. The van der Waals surface area contributed by atoms with Gasteiger partial charge >= 0.3 is 0 Å². The zero-order valence-electron chi connectivity index (χ0n) is 9.54. The number of thiocarbonyl (C=S) groups is 1. The molecule has 1 unspecified atom stereocenters. The monoisotopic (exact) mass is 288 g/mol. The minimum absolute atomic E-state index is 0.0642. The normalized spacial score (nSPS) is 21.1. The molecule has 0 spiro atoms. The van der Waals surface area contributed by atoms with Gasteiger partial charge in [0.05, 0.1) is 15.9 Å². The fourth-order valence-electron chi connectivity index (χ4n) is 2.08. The summed E-state index contributed by atoms with van der Waals surface area (Å²) in [7, 11) is -3.73. The molecule has 7 heteroatoms. The van der Waals surface area contributed by atoms with Crippen molar-refractivity contribution in [1.82, 2.24) is 4.31 Å². The second-order valence-corrected chi connectivity index (χ2v) is 6.50. The van der Waals surface area contributed by atoms with E-state index in [2.05, 4.69) is 0 Å². The molecule has 1 aliphatic rings. The fourth-order valence-corrected chi connectivity index (χ4v) is 4.09. The van der Waals surface area contributed by atoms with Crippen LogP contribution in [0.3, 0.4) is 0 Å². The molecule has 0 amide bonds. The summed E-state index contributed by atoms with van der Waals surface area (Å²) in [6.45, 7) is 0.362. The SMILES string of the molecule is NC(=S)C1CCCN1S(=O)(=O)c1cccc(F)c1. The lowest BCUT2D eigenvalue weighted by atomic mass is 10.2. The first-order valence-electron chi connectivity index (χ1n) is 5.49. The molecule has 1 atom stereocenters. The Morgan fingerprint density at radius 2 is 2.22 bits per heavy atom. The summed E-state index contributed by atoms with van der Waals surface area (Å²) in [5, 5.41) is 0. The van der Waals surface area contributed by atoms with E-state index in [1.807, 2.05) is 0 Å². The van der Waals surface area contributed by atoms with Crippen molar-refractivity contribution in [2.45, 2.75) is 23.8 Å². The van der Waals surface area contributed by atoms with Crippen molar-refractivity contribution in [3.63, 3.8) is 0 Å². The van der Waals surface area contributed by atoms with Gasteiger partial charge in [0.1, 0.15) is 5.82 Å². The third-order valence-corrected chi connectivity index (χ3v) is 5.11. The molecule has 98 valence electrons. The Morgan fingerprint density at radius 1 is 1.50 bits per heavy atom. The highest BCUT2D eigenvalue weighted by atomic mass is 32.2. The highest BCUT2D eigenvalue weighted by Crippen LogP contribution is 2.26. The molecule has 1 aliphatic heterocycles. The molecule has 1 fully saturated rings. The summed E-state index contributed by atoms with van der Waals surface area (Å²) < 4.78 is 39.1. The van der Waals surface area contributed by atoms with Crippen LogP contribution in [-0.2, 0) is 10.0 Å². The molecule has 0 bridgehead atoms. The van der Waals surface area contributed by atoms with E-state index >= 15 is 0 Å². The topological polar surface area (TPSA) is 63.4 Å². The second-order valence-electron chi connectivity index (χ2n) is 4.13. The Balaban J connectivity index is 2.40. The molecule has 2 rings (SSSR count). The fraction of sp³-hybridized carbons (Fsp3) is 0.364. The molecule has 4 nitrogen and oxygen atoms in total. The van der Waals surface area contributed by atoms with Gasteiger partial charge in [-0.2, -0.15) is 4.31 Å². The Hall–Kier alpha value is -1.05. The van der Waals surface area contributed by atoms with E-state index in [1.165, 1.54) is 22.5 Å². The van der Waals surface area contributed by atoms with Gasteiger partial charge in [-0.25, -0.2) is 12.8 Å². The third-order valence-electron chi connectivity index (χ3n) is 2.93. The Bertz CT molecular complexity index is 574. The van der Waals surface area contributed by atoms with E-state index in [0.29, 0.717) is 19.4 Å². The number of hydrogen-bond donors (Lipinski definition) is 1. The van der Waals surface area contributed by atoms with Gasteiger partial charge in [0, 0.05) is 6.54 Å². The van der Waals surface area contributed by atoms with Gasteiger partial charge in [0.15, 0.2) is 0 Å².